The number of amidine groups is 1. The van der Waals surface area contributed by atoms with Gasteiger partial charge in [-0.15, -0.1) is 0 Å². The summed E-state index contributed by atoms with van der Waals surface area (Å²) in [6, 6.07) is 22.8. The lowest BCUT2D eigenvalue weighted by Gasteiger charge is -2.06. The van der Waals surface area contributed by atoms with Crippen LogP contribution in [-0.4, -0.2) is 11.1 Å². The summed E-state index contributed by atoms with van der Waals surface area (Å²) >= 11 is 1.24. The van der Waals surface area contributed by atoms with E-state index in [0.717, 1.165) is 11.3 Å². The molecular formula is C22H15FN2O2S. The highest BCUT2D eigenvalue weighted by Crippen LogP contribution is 2.29. The van der Waals surface area contributed by atoms with E-state index in [0.29, 0.717) is 21.5 Å². The van der Waals surface area contributed by atoms with Gasteiger partial charge in [0.25, 0.3) is 5.91 Å². The second-order valence-corrected chi connectivity index (χ2v) is 6.98. The number of hydrogen-bond acceptors (Lipinski definition) is 4. The van der Waals surface area contributed by atoms with Crippen LogP contribution in [0.2, 0.25) is 0 Å². The fourth-order valence-electron chi connectivity index (χ4n) is 2.56. The van der Waals surface area contributed by atoms with E-state index in [9.17, 15) is 9.18 Å². The zero-order valence-corrected chi connectivity index (χ0v) is 15.4. The van der Waals surface area contributed by atoms with Gasteiger partial charge in [-0.3, -0.25) is 4.79 Å². The molecule has 0 bridgehead atoms. The fourth-order valence-corrected chi connectivity index (χ4v) is 3.40. The molecule has 1 N–H and O–H groups in total. The number of carbonyl (C=O) groups excluding carboxylic acids is 1. The Labute approximate surface area is 165 Å². The number of rotatable bonds is 4. The number of ether oxygens (including phenoxy) is 1. The van der Waals surface area contributed by atoms with Gasteiger partial charge < -0.3 is 10.1 Å². The van der Waals surface area contributed by atoms with Gasteiger partial charge in [0.05, 0.1) is 10.6 Å². The van der Waals surface area contributed by atoms with Gasteiger partial charge in [-0.05, 0) is 71.9 Å². The van der Waals surface area contributed by atoms with Crippen LogP contribution >= 0.6 is 11.8 Å². The summed E-state index contributed by atoms with van der Waals surface area (Å²) < 4.78 is 18.8. The molecule has 3 aromatic rings. The van der Waals surface area contributed by atoms with Crippen molar-refractivity contribution in [3.63, 3.8) is 0 Å². The molecule has 1 fully saturated rings. The molecule has 1 aliphatic rings. The van der Waals surface area contributed by atoms with Gasteiger partial charge in [-0.1, -0.05) is 30.3 Å². The first-order valence-electron chi connectivity index (χ1n) is 8.54. The van der Waals surface area contributed by atoms with E-state index in [-0.39, 0.29) is 11.7 Å². The van der Waals surface area contributed by atoms with Crippen molar-refractivity contribution < 1.29 is 13.9 Å². The van der Waals surface area contributed by atoms with Crippen molar-refractivity contribution in [3.05, 3.63) is 95.1 Å². The first-order chi connectivity index (χ1) is 13.7. The quantitative estimate of drug-likeness (QED) is 0.598. The molecule has 4 rings (SSSR count). The number of carbonyl (C=O) groups is 1. The van der Waals surface area contributed by atoms with Crippen molar-refractivity contribution in [2.45, 2.75) is 0 Å². The number of hydrogen-bond donors (Lipinski definition) is 1. The Balaban J connectivity index is 1.51. The Bertz CT molecular complexity index is 1060. The summed E-state index contributed by atoms with van der Waals surface area (Å²) in [5.41, 5.74) is 1.41. The molecule has 0 aliphatic carbocycles. The minimum absolute atomic E-state index is 0.222. The number of halogens is 1. The van der Waals surface area contributed by atoms with Crippen LogP contribution in [0.1, 0.15) is 5.56 Å². The number of amides is 1. The number of thioether (sulfide) groups is 1. The molecular weight excluding hydrogens is 375 g/mol. The first kappa shape index (κ1) is 18.0. The molecule has 1 saturated heterocycles. The van der Waals surface area contributed by atoms with Crippen LogP contribution in [0.5, 0.6) is 11.5 Å². The minimum Gasteiger partial charge on any atom is -0.457 e. The Morgan fingerprint density at radius 3 is 2.46 bits per heavy atom. The topological polar surface area (TPSA) is 50.7 Å². The molecule has 1 heterocycles. The maximum Gasteiger partial charge on any atom is 0.264 e. The summed E-state index contributed by atoms with van der Waals surface area (Å²) in [5, 5.41) is 3.18. The van der Waals surface area contributed by atoms with Gasteiger partial charge >= 0.3 is 0 Å². The normalized spacial score (nSPS) is 16.4. The average Bonchev–Trinajstić information content (AvgIpc) is 3.03. The zero-order chi connectivity index (χ0) is 19.3. The van der Waals surface area contributed by atoms with Crippen molar-refractivity contribution in [1.29, 1.82) is 0 Å². The van der Waals surface area contributed by atoms with E-state index in [1.54, 1.807) is 18.2 Å². The number of benzene rings is 3. The summed E-state index contributed by atoms with van der Waals surface area (Å²) in [4.78, 5) is 17.1. The molecule has 0 radical (unpaired) electrons. The molecule has 0 saturated carbocycles. The van der Waals surface area contributed by atoms with Crippen molar-refractivity contribution in [1.82, 2.24) is 5.32 Å². The molecule has 28 heavy (non-hydrogen) atoms. The molecule has 0 spiro atoms. The Hall–Kier alpha value is -3.38. The zero-order valence-electron chi connectivity index (χ0n) is 14.6. The average molecular weight is 390 g/mol. The van der Waals surface area contributed by atoms with E-state index >= 15 is 0 Å². The van der Waals surface area contributed by atoms with E-state index in [4.69, 9.17) is 4.74 Å². The van der Waals surface area contributed by atoms with Crippen LogP contribution in [0.15, 0.2) is 88.8 Å². The lowest BCUT2D eigenvalue weighted by Crippen LogP contribution is -2.19. The molecule has 0 aromatic heterocycles. The van der Waals surface area contributed by atoms with E-state index in [2.05, 4.69) is 10.3 Å². The third-order valence-corrected chi connectivity index (χ3v) is 4.75. The lowest BCUT2D eigenvalue weighted by atomic mass is 10.2. The summed E-state index contributed by atoms with van der Waals surface area (Å²) in [6.07, 6.45) is 1.78. The summed E-state index contributed by atoms with van der Waals surface area (Å²) in [5.74, 6) is 0.878. The number of nitrogens with one attached hydrogen (secondary N) is 1. The Kier molecular flexibility index (Phi) is 5.21. The van der Waals surface area contributed by atoms with Gasteiger partial charge in [0.1, 0.15) is 17.3 Å². The van der Waals surface area contributed by atoms with Crippen LogP contribution in [-0.2, 0) is 4.79 Å². The predicted octanol–water partition coefficient (Wildman–Crippen LogP) is 5.51. The van der Waals surface area contributed by atoms with Crippen molar-refractivity contribution in [3.8, 4) is 11.5 Å². The van der Waals surface area contributed by atoms with Gasteiger partial charge in [-0.25, -0.2) is 9.38 Å². The fraction of sp³-hybridized carbons (Fsp3) is 0. The van der Waals surface area contributed by atoms with Crippen LogP contribution in [0.3, 0.4) is 0 Å². The van der Waals surface area contributed by atoms with E-state index in [1.165, 1.54) is 23.9 Å². The largest absolute Gasteiger partial charge is 0.457 e. The molecule has 6 heteroatoms. The lowest BCUT2D eigenvalue weighted by molar-refractivity contribution is -0.115. The maximum atomic E-state index is 13.0. The molecule has 0 unspecified atom stereocenters. The molecule has 138 valence electrons. The van der Waals surface area contributed by atoms with E-state index in [1.807, 2.05) is 54.6 Å². The second kappa shape index (κ2) is 8.10. The van der Waals surface area contributed by atoms with Gasteiger partial charge in [-0.2, -0.15) is 0 Å². The Morgan fingerprint density at radius 1 is 0.929 bits per heavy atom. The van der Waals surface area contributed by atoms with Crippen molar-refractivity contribution >= 4 is 34.6 Å². The van der Waals surface area contributed by atoms with Crippen molar-refractivity contribution in [2.24, 2.45) is 4.99 Å². The standard InChI is InChI=1S/C22H15FN2O2S/c23-16-9-11-17(12-10-16)24-22-25-21(26)20(28-22)14-15-5-4-8-19(13-15)27-18-6-2-1-3-7-18/h1-14H,(H,24,25,26)/b20-14+. The Morgan fingerprint density at radius 2 is 1.68 bits per heavy atom. The predicted molar refractivity (Wildman–Crippen MR) is 110 cm³/mol. The highest BCUT2D eigenvalue weighted by Gasteiger charge is 2.23. The molecule has 1 amide bonds. The number of para-hydroxylation sites is 1. The SMILES string of the molecule is O=C1NC(=Nc2ccc(F)cc2)S/C1=C/c1cccc(Oc2ccccc2)c1. The van der Waals surface area contributed by atoms with Crippen LogP contribution in [0.25, 0.3) is 6.08 Å². The molecule has 1 aliphatic heterocycles. The highest BCUT2D eigenvalue weighted by atomic mass is 32.2. The number of aliphatic imine (C=N–C) groups is 1. The van der Waals surface area contributed by atoms with Crippen LogP contribution in [0, 0.1) is 5.82 Å². The monoisotopic (exact) mass is 390 g/mol. The van der Waals surface area contributed by atoms with Gasteiger partial charge in [0, 0.05) is 0 Å². The van der Waals surface area contributed by atoms with Gasteiger partial charge in [0.15, 0.2) is 5.17 Å². The first-order valence-corrected chi connectivity index (χ1v) is 9.35. The van der Waals surface area contributed by atoms with Crippen LogP contribution < -0.4 is 10.1 Å². The third-order valence-electron chi connectivity index (χ3n) is 3.84. The van der Waals surface area contributed by atoms with Crippen LogP contribution in [0.4, 0.5) is 10.1 Å². The smallest absolute Gasteiger partial charge is 0.264 e. The maximum absolute atomic E-state index is 13.0. The van der Waals surface area contributed by atoms with Gasteiger partial charge in [0.2, 0.25) is 0 Å². The summed E-state index contributed by atoms with van der Waals surface area (Å²) in [7, 11) is 0. The minimum atomic E-state index is -0.328. The molecule has 3 aromatic carbocycles. The third kappa shape index (κ3) is 4.47. The molecule has 4 nitrogen and oxygen atoms in total. The highest BCUT2D eigenvalue weighted by molar-refractivity contribution is 8.18. The molecule has 0 atom stereocenters. The second-order valence-electron chi connectivity index (χ2n) is 5.95. The van der Waals surface area contributed by atoms with E-state index < -0.39 is 0 Å². The van der Waals surface area contributed by atoms with Crippen molar-refractivity contribution in [2.75, 3.05) is 0 Å². The number of nitrogens with zero attached hydrogens (tertiary/aromatic N) is 1. The summed E-state index contributed by atoms with van der Waals surface area (Å²) in [6.45, 7) is 0.